The minimum Gasteiger partial charge on any atom is -0.322 e. The molecule has 0 radical (unpaired) electrons. The van der Waals surface area contributed by atoms with Crippen molar-refractivity contribution < 1.29 is 18.0 Å². The number of hydrogen-bond donors (Lipinski definition) is 2. The van der Waals surface area contributed by atoms with Crippen molar-refractivity contribution in [3.05, 3.63) is 65.0 Å². The molecule has 1 atom stereocenters. The van der Waals surface area contributed by atoms with Gasteiger partial charge in [0.2, 0.25) is 5.91 Å². The molecule has 0 bridgehead atoms. The van der Waals surface area contributed by atoms with Crippen molar-refractivity contribution in [2.45, 2.75) is 33.2 Å². The van der Waals surface area contributed by atoms with Gasteiger partial charge in [-0.1, -0.05) is 45.0 Å². The number of rotatable bonds is 7. The predicted molar refractivity (Wildman–Crippen MR) is 96.3 cm³/mol. The summed E-state index contributed by atoms with van der Waals surface area (Å²) in [5.74, 6) is -4.63. The van der Waals surface area contributed by atoms with Gasteiger partial charge < -0.3 is 10.6 Å². The van der Waals surface area contributed by atoms with Crippen LogP contribution in [0.1, 0.15) is 37.9 Å². The van der Waals surface area contributed by atoms with Gasteiger partial charge in [-0.3, -0.25) is 4.79 Å². The van der Waals surface area contributed by atoms with Gasteiger partial charge in [0.05, 0.1) is 12.2 Å². The van der Waals surface area contributed by atoms with Gasteiger partial charge in [0, 0.05) is 6.04 Å². The smallest absolute Gasteiger partial charge is 0.238 e. The summed E-state index contributed by atoms with van der Waals surface area (Å²) in [5.41, 5.74) is 1.89. The van der Waals surface area contributed by atoms with E-state index in [2.05, 4.69) is 17.6 Å². The van der Waals surface area contributed by atoms with Crippen LogP contribution in [-0.4, -0.2) is 12.5 Å². The third-order valence-electron chi connectivity index (χ3n) is 4.21. The van der Waals surface area contributed by atoms with E-state index in [1.807, 2.05) is 38.1 Å². The average Bonchev–Trinajstić information content (AvgIpc) is 2.62. The first-order chi connectivity index (χ1) is 12.3. The number of amides is 1. The molecule has 6 heteroatoms. The standard InChI is InChI=1S/C20H23F3N2O/c1-4-13-5-7-14(8-6-13)20(12(2)3)24-11-17(26)25-16-10-9-15(21)18(22)19(16)23/h5-10,12,20,24H,4,11H2,1-3H3,(H,25,26)/t20-/m1/s1. The number of benzene rings is 2. The Balaban J connectivity index is 2.02. The van der Waals surface area contributed by atoms with Crippen LogP contribution >= 0.6 is 0 Å². The Hall–Kier alpha value is -2.34. The lowest BCUT2D eigenvalue weighted by atomic mass is 9.95. The topological polar surface area (TPSA) is 41.1 Å². The molecule has 2 aromatic rings. The molecule has 2 N–H and O–H groups in total. The molecule has 0 unspecified atom stereocenters. The maximum atomic E-state index is 13.6. The third kappa shape index (κ3) is 4.85. The molecule has 0 saturated carbocycles. The van der Waals surface area contributed by atoms with Gasteiger partial charge >= 0.3 is 0 Å². The molecule has 0 heterocycles. The summed E-state index contributed by atoms with van der Waals surface area (Å²) < 4.78 is 39.8. The fourth-order valence-corrected chi connectivity index (χ4v) is 2.72. The molecule has 0 aromatic heterocycles. The minimum atomic E-state index is -1.60. The number of carbonyl (C=O) groups is 1. The highest BCUT2D eigenvalue weighted by molar-refractivity contribution is 5.92. The number of hydrogen-bond acceptors (Lipinski definition) is 2. The molecule has 0 saturated heterocycles. The number of aryl methyl sites for hydroxylation is 1. The summed E-state index contributed by atoms with van der Waals surface area (Å²) in [6, 6.07) is 9.82. The first-order valence-corrected chi connectivity index (χ1v) is 8.59. The van der Waals surface area contributed by atoms with E-state index in [-0.39, 0.29) is 24.2 Å². The molecule has 140 valence electrons. The molecule has 1 amide bonds. The van der Waals surface area contributed by atoms with Gasteiger partial charge in [-0.05, 0) is 35.6 Å². The monoisotopic (exact) mass is 364 g/mol. The largest absolute Gasteiger partial charge is 0.322 e. The molecule has 2 rings (SSSR count). The molecule has 2 aromatic carbocycles. The number of halogens is 3. The highest BCUT2D eigenvalue weighted by Crippen LogP contribution is 2.23. The van der Waals surface area contributed by atoms with Crippen molar-refractivity contribution in [2.24, 2.45) is 5.92 Å². The second kappa shape index (κ2) is 8.85. The van der Waals surface area contributed by atoms with Gasteiger partial charge in [-0.15, -0.1) is 0 Å². The zero-order valence-corrected chi connectivity index (χ0v) is 15.1. The second-order valence-corrected chi connectivity index (χ2v) is 6.47. The van der Waals surface area contributed by atoms with E-state index in [1.54, 1.807) is 0 Å². The van der Waals surface area contributed by atoms with Gasteiger partial charge in [0.15, 0.2) is 17.5 Å². The Morgan fingerprint density at radius 2 is 1.65 bits per heavy atom. The van der Waals surface area contributed by atoms with Gasteiger partial charge in [-0.2, -0.15) is 0 Å². The maximum absolute atomic E-state index is 13.6. The van der Waals surface area contributed by atoms with Crippen LogP contribution in [0, 0.1) is 23.4 Å². The Morgan fingerprint density at radius 3 is 2.23 bits per heavy atom. The van der Waals surface area contributed by atoms with Gasteiger partial charge in [0.25, 0.3) is 0 Å². The van der Waals surface area contributed by atoms with Crippen LogP contribution in [0.5, 0.6) is 0 Å². The summed E-state index contributed by atoms with van der Waals surface area (Å²) in [5, 5.41) is 5.40. The van der Waals surface area contributed by atoms with Crippen molar-refractivity contribution in [3.8, 4) is 0 Å². The van der Waals surface area contributed by atoms with Crippen molar-refractivity contribution in [1.82, 2.24) is 5.32 Å². The average molecular weight is 364 g/mol. The van der Waals surface area contributed by atoms with Crippen LogP contribution in [0.2, 0.25) is 0 Å². The highest BCUT2D eigenvalue weighted by Gasteiger charge is 2.18. The van der Waals surface area contributed by atoms with Crippen LogP contribution in [0.25, 0.3) is 0 Å². The van der Waals surface area contributed by atoms with E-state index in [0.717, 1.165) is 24.1 Å². The molecule has 26 heavy (non-hydrogen) atoms. The maximum Gasteiger partial charge on any atom is 0.238 e. The Labute approximate surface area is 151 Å². The van der Waals surface area contributed by atoms with Crippen LogP contribution in [0.15, 0.2) is 36.4 Å². The van der Waals surface area contributed by atoms with E-state index in [4.69, 9.17) is 0 Å². The van der Waals surface area contributed by atoms with Crippen molar-refractivity contribution in [2.75, 3.05) is 11.9 Å². The number of nitrogens with one attached hydrogen (secondary N) is 2. The minimum absolute atomic E-state index is 0.0681. The van der Waals surface area contributed by atoms with Gasteiger partial charge in [-0.25, -0.2) is 13.2 Å². The van der Waals surface area contributed by atoms with Crippen LogP contribution < -0.4 is 10.6 Å². The Kier molecular flexibility index (Phi) is 6.80. The van der Waals surface area contributed by atoms with Crippen molar-refractivity contribution in [3.63, 3.8) is 0 Å². The zero-order valence-electron chi connectivity index (χ0n) is 15.1. The first-order valence-electron chi connectivity index (χ1n) is 8.59. The number of carbonyl (C=O) groups excluding carboxylic acids is 1. The van der Waals surface area contributed by atoms with E-state index in [1.165, 1.54) is 5.56 Å². The summed E-state index contributed by atoms with van der Waals surface area (Å²) in [6.45, 7) is 6.04. The fraction of sp³-hybridized carbons (Fsp3) is 0.350. The summed E-state index contributed by atoms with van der Waals surface area (Å²) >= 11 is 0. The lowest BCUT2D eigenvalue weighted by molar-refractivity contribution is -0.115. The quantitative estimate of drug-likeness (QED) is 0.706. The fourth-order valence-electron chi connectivity index (χ4n) is 2.72. The molecule has 0 spiro atoms. The van der Waals surface area contributed by atoms with E-state index in [9.17, 15) is 18.0 Å². The summed E-state index contributed by atoms with van der Waals surface area (Å²) in [6.07, 6.45) is 0.947. The normalized spacial score (nSPS) is 12.3. The lowest BCUT2D eigenvalue weighted by Crippen LogP contribution is -2.33. The molecule has 0 aliphatic rings. The molecule has 3 nitrogen and oxygen atoms in total. The van der Waals surface area contributed by atoms with Crippen LogP contribution in [0.4, 0.5) is 18.9 Å². The summed E-state index contributed by atoms with van der Waals surface area (Å²) in [7, 11) is 0. The van der Waals surface area contributed by atoms with E-state index in [0.29, 0.717) is 0 Å². The van der Waals surface area contributed by atoms with Crippen molar-refractivity contribution >= 4 is 11.6 Å². The summed E-state index contributed by atoms with van der Waals surface area (Å²) in [4.78, 5) is 12.1. The molecular formula is C20H23F3N2O. The lowest BCUT2D eigenvalue weighted by Gasteiger charge is -2.23. The predicted octanol–water partition coefficient (Wildman–Crippen LogP) is 4.59. The third-order valence-corrected chi connectivity index (χ3v) is 4.21. The zero-order chi connectivity index (χ0) is 19.3. The SMILES string of the molecule is CCc1ccc([C@H](NCC(=O)Nc2ccc(F)c(F)c2F)C(C)C)cc1. The van der Waals surface area contributed by atoms with E-state index >= 15 is 0 Å². The number of anilines is 1. The molecule has 0 aliphatic carbocycles. The van der Waals surface area contributed by atoms with Crippen LogP contribution in [-0.2, 0) is 11.2 Å². The first kappa shape index (κ1) is 20.0. The van der Waals surface area contributed by atoms with Crippen molar-refractivity contribution in [1.29, 1.82) is 0 Å². The molecular weight excluding hydrogens is 341 g/mol. The second-order valence-electron chi connectivity index (χ2n) is 6.47. The van der Waals surface area contributed by atoms with Crippen LogP contribution in [0.3, 0.4) is 0 Å². The molecule has 0 aliphatic heterocycles. The van der Waals surface area contributed by atoms with Gasteiger partial charge in [0.1, 0.15) is 0 Å². The highest BCUT2D eigenvalue weighted by atomic mass is 19.2. The molecule has 0 fully saturated rings. The van der Waals surface area contributed by atoms with E-state index < -0.39 is 23.4 Å². The Bertz CT molecular complexity index is 760. The Morgan fingerprint density at radius 1 is 1.00 bits per heavy atom.